The Balaban J connectivity index is 1.87. The number of carboxylic acids is 1. The Bertz CT molecular complexity index is 1100. The molecule has 1 aliphatic rings. The summed E-state index contributed by atoms with van der Waals surface area (Å²) in [4.78, 5) is 28.9. The van der Waals surface area contributed by atoms with Gasteiger partial charge in [-0.2, -0.15) is 13.2 Å². The molecule has 0 fully saturated rings. The van der Waals surface area contributed by atoms with E-state index in [4.69, 9.17) is 10.5 Å². The third kappa shape index (κ3) is 5.01. The number of aromatic nitrogens is 2. The lowest BCUT2D eigenvalue weighted by Gasteiger charge is -2.37. The number of alkyl halides is 3. The van der Waals surface area contributed by atoms with Crippen LogP contribution in [0.4, 0.5) is 26.3 Å². The summed E-state index contributed by atoms with van der Waals surface area (Å²) >= 11 is 0. The van der Waals surface area contributed by atoms with Crippen LogP contribution in [-0.2, 0) is 28.7 Å². The fraction of sp³-hybridized carbons (Fsp3) is 0.450. The van der Waals surface area contributed by atoms with Crippen molar-refractivity contribution in [3.63, 3.8) is 0 Å². The van der Waals surface area contributed by atoms with E-state index in [9.17, 15) is 41.0 Å². The molecule has 1 aromatic heterocycles. The number of fused-ring (bicyclic) bond motifs is 1. The van der Waals surface area contributed by atoms with Crippen molar-refractivity contribution in [1.82, 2.24) is 14.5 Å². The van der Waals surface area contributed by atoms with Gasteiger partial charge in [-0.25, -0.2) is 22.9 Å². The fourth-order valence-electron chi connectivity index (χ4n) is 3.96. The molecule has 2 aromatic rings. The molecule has 1 amide bonds. The lowest BCUT2D eigenvalue weighted by Crippen LogP contribution is -2.46. The van der Waals surface area contributed by atoms with Crippen molar-refractivity contribution in [3.05, 3.63) is 52.4 Å². The molecule has 2 heterocycles. The predicted octanol–water partition coefficient (Wildman–Crippen LogP) is 2.51. The van der Waals surface area contributed by atoms with E-state index in [1.54, 1.807) is 0 Å². The Morgan fingerprint density at radius 1 is 1.21 bits per heavy atom. The summed E-state index contributed by atoms with van der Waals surface area (Å²) in [5, 5.41) is 9.41. The second-order valence-electron chi connectivity index (χ2n) is 7.71. The highest BCUT2D eigenvalue weighted by Gasteiger charge is 2.45. The van der Waals surface area contributed by atoms with E-state index in [0.29, 0.717) is 16.7 Å². The van der Waals surface area contributed by atoms with Crippen LogP contribution in [0.2, 0.25) is 0 Å². The molecule has 1 unspecified atom stereocenters. The van der Waals surface area contributed by atoms with Crippen LogP contribution < -0.4 is 5.73 Å². The Labute approximate surface area is 188 Å². The first-order valence-electron chi connectivity index (χ1n) is 9.93. The molecule has 34 heavy (non-hydrogen) atoms. The van der Waals surface area contributed by atoms with Crippen molar-refractivity contribution < 1.29 is 45.8 Å². The number of rotatable bonds is 7. The molecule has 14 heteroatoms. The molecule has 0 saturated heterocycles. The summed E-state index contributed by atoms with van der Waals surface area (Å²) in [6, 6.07) is -1.29. The average Bonchev–Trinajstić information content (AvgIpc) is 3.13. The van der Waals surface area contributed by atoms with Crippen LogP contribution >= 0.6 is 0 Å². The Morgan fingerprint density at radius 2 is 1.85 bits per heavy atom. The summed E-state index contributed by atoms with van der Waals surface area (Å²) in [7, 11) is 1.22. The summed E-state index contributed by atoms with van der Waals surface area (Å²) in [6.07, 6.45) is -5.68. The number of benzene rings is 1. The number of amides is 1. The summed E-state index contributed by atoms with van der Waals surface area (Å²) in [5.74, 6) is -7.51. The van der Waals surface area contributed by atoms with Gasteiger partial charge in [-0.15, -0.1) is 0 Å². The maximum atomic E-state index is 13.9. The maximum absolute atomic E-state index is 13.9. The maximum Gasteiger partial charge on any atom is 0.449 e. The van der Waals surface area contributed by atoms with Gasteiger partial charge in [-0.3, -0.25) is 4.79 Å². The van der Waals surface area contributed by atoms with Crippen LogP contribution in [0.5, 0.6) is 0 Å². The van der Waals surface area contributed by atoms with Crippen molar-refractivity contribution in [3.8, 4) is 0 Å². The third-order valence-corrected chi connectivity index (χ3v) is 5.37. The van der Waals surface area contributed by atoms with E-state index in [1.807, 2.05) is 0 Å². The predicted molar refractivity (Wildman–Crippen MR) is 103 cm³/mol. The molecule has 0 saturated carbocycles. The number of carbonyl (C=O) groups is 2. The van der Waals surface area contributed by atoms with Crippen LogP contribution in [0.1, 0.15) is 40.0 Å². The van der Waals surface area contributed by atoms with Gasteiger partial charge in [-0.1, -0.05) is 0 Å². The third-order valence-electron chi connectivity index (χ3n) is 5.37. The van der Waals surface area contributed by atoms with E-state index >= 15 is 0 Å². The number of ether oxygens (including phenoxy) is 1. The van der Waals surface area contributed by atoms with Crippen molar-refractivity contribution >= 4 is 11.9 Å². The standard InChI is InChI=1S/C20H20F6N4O4/c1-34-8-14-17-16(18(32)33)28-19(20(24,25)26)30(17)3-2-29(14)15(31)6-10(27)4-9-5-12(22)13(23)7-11(9)21/h5,7,10,14H,2-4,6,8,27H2,1H3,(H,32,33)/t10-,14?/m1/s1. The molecule has 0 radical (unpaired) electrons. The highest BCUT2D eigenvalue weighted by atomic mass is 19.4. The minimum Gasteiger partial charge on any atom is -0.476 e. The van der Waals surface area contributed by atoms with E-state index in [2.05, 4.69) is 4.98 Å². The first-order valence-corrected chi connectivity index (χ1v) is 9.93. The van der Waals surface area contributed by atoms with Gasteiger partial charge in [0, 0.05) is 38.7 Å². The van der Waals surface area contributed by atoms with Crippen LogP contribution in [0.15, 0.2) is 12.1 Å². The van der Waals surface area contributed by atoms with Gasteiger partial charge in [-0.05, 0) is 18.1 Å². The van der Waals surface area contributed by atoms with Gasteiger partial charge in [0.25, 0.3) is 0 Å². The molecule has 3 rings (SSSR count). The number of halogens is 6. The summed E-state index contributed by atoms with van der Waals surface area (Å²) < 4.78 is 86.4. The number of imidazole rings is 1. The SMILES string of the molecule is COCC1c2c(C(=O)O)nc(C(F)(F)F)n2CCN1C(=O)C[C@H](N)Cc1cc(F)c(F)cc1F. The van der Waals surface area contributed by atoms with Gasteiger partial charge in [0.05, 0.1) is 18.3 Å². The average molecular weight is 494 g/mol. The number of methoxy groups -OCH3 is 1. The molecule has 8 nitrogen and oxygen atoms in total. The number of carbonyl (C=O) groups excluding carboxylic acids is 1. The molecule has 2 atom stereocenters. The molecule has 0 bridgehead atoms. The van der Waals surface area contributed by atoms with E-state index in [0.717, 1.165) is 4.90 Å². The minimum atomic E-state index is -4.93. The summed E-state index contributed by atoms with van der Waals surface area (Å²) in [6.45, 7) is -0.948. The van der Waals surface area contributed by atoms with Gasteiger partial charge in [0.1, 0.15) is 5.82 Å². The number of aromatic carboxylic acids is 1. The van der Waals surface area contributed by atoms with Crippen LogP contribution in [0.3, 0.4) is 0 Å². The first-order chi connectivity index (χ1) is 15.8. The molecule has 3 N–H and O–H groups in total. The Hall–Kier alpha value is -3.13. The second kappa shape index (κ2) is 9.62. The number of hydrogen-bond donors (Lipinski definition) is 2. The zero-order valence-corrected chi connectivity index (χ0v) is 17.7. The summed E-state index contributed by atoms with van der Waals surface area (Å²) in [5.41, 5.74) is 4.44. The van der Waals surface area contributed by atoms with Crippen molar-refractivity contribution in [2.75, 3.05) is 20.3 Å². The lowest BCUT2D eigenvalue weighted by atomic mass is 10.0. The van der Waals surface area contributed by atoms with E-state index < -0.39 is 65.5 Å². The molecule has 0 spiro atoms. The van der Waals surface area contributed by atoms with Gasteiger partial charge < -0.3 is 25.0 Å². The van der Waals surface area contributed by atoms with Crippen LogP contribution in [-0.4, -0.2) is 57.7 Å². The van der Waals surface area contributed by atoms with Crippen molar-refractivity contribution in [2.45, 2.75) is 37.6 Å². The Kier molecular flexibility index (Phi) is 7.21. The van der Waals surface area contributed by atoms with Gasteiger partial charge in [0.2, 0.25) is 11.7 Å². The Morgan fingerprint density at radius 3 is 2.44 bits per heavy atom. The van der Waals surface area contributed by atoms with E-state index in [1.165, 1.54) is 7.11 Å². The molecular weight excluding hydrogens is 474 g/mol. The molecule has 0 aliphatic carbocycles. The van der Waals surface area contributed by atoms with Crippen molar-refractivity contribution in [2.24, 2.45) is 5.73 Å². The highest BCUT2D eigenvalue weighted by molar-refractivity contribution is 5.87. The highest BCUT2D eigenvalue weighted by Crippen LogP contribution is 2.37. The number of hydrogen-bond acceptors (Lipinski definition) is 5. The van der Waals surface area contributed by atoms with Gasteiger partial charge in [0.15, 0.2) is 17.3 Å². The van der Waals surface area contributed by atoms with Gasteiger partial charge >= 0.3 is 12.1 Å². The number of nitrogens with zero attached hydrogens (tertiary/aromatic N) is 3. The van der Waals surface area contributed by atoms with Crippen molar-refractivity contribution in [1.29, 1.82) is 0 Å². The second-order valence-corrected chi connectivity index (χ2v) is 7.71. The smallest absolute Gasteiger partial charge is 0.449 e. The fourth-order valence-corrected chi connectivity index (χ4v) is 3.96. The monoisotopic (exact) mass is 494 g/mol. The number of carboxylic acid groups (broad SMARTS) is 1. The zero-order chi connectivity index (χ0) is 25.4. The molecular formula is C20H20F6N4O4. The lowest BCUT2D eigenvalue weighted by molar-refractivity contribution is -0.148. The van der Waals surface area contributed by atoms with Crippen LogP contribution in [0.25, 0.3) is 0 Å². The largest absolute Gasteiger partial charge is 0.476 e. The molecule has 1 aliphatic heterocycles. The number of nitrogens with two attached hydrogens (primary N) is 1. The zero-order valence-electron chi connectivity index (χ0n) is 17.7. The quantitative estimate of drug-likeness (QED) is 0.452. The normalized spacial score (nSPS) is 16.9. The molecule has 1 aromatic carbocycles. The first kappa shape index (κ1) is 25.5. The topological polar surface area (TPSA) is 111 Å². The van der Waals surface area contributed by atoms with Crippen LogP contribution in [0, 0.1) is 17.5 Å². The molecule has 186 valence electrons. The van der Waals surface area contributed by atoms with E-state index in [-0.39, 0.29) is 37.4 Å². The minimum absolute atomic E-state index is 0.232.